The monoisotopic (exact) mass is 210 g/mol. The van der Waals surface area contributed by atoms with E-state index in [1.807, 2.05) is 25.1 Å². The number of aliphatic carboxylic acids is 1. The predicted molar refractivity (Wildman–Crippen MR) is 58.9 cm³/mol. The summed E-state index contributed by atoms with van der Waals surface area (Å²) in [6, 6.07) is 5.97. The highest BCUT2D eigenvalue weighted by molar-refractivity contribution is 7.99. The molecule has 0 aromatic heterocycles. The highest BCUT2D eigenvalue weighted by Gasteiger charge is 2.06. The number of benzene rings is 1. The largest absolute Gasteiger partial charge is 0.481 e. The third kappa shape index (κ3) is 3.07. The van der Waals surface area contributed by atoms with Gasteiger partial charge in [-0.05, 0) is 24.3 Å². The molecule has 0 aliphatic carbocycles. The molecule has 0 atom stereocenters. The van der Waals surface area contributed by atoms with Crippen molar-refractivity contribution in [1.29, 1.82) is 0 Å². The Hall–Kier alpha value is -0.960. The topological polar surface area (TPSA) is 37.3 Å². The molecule has 1 rings (SSSR count). The van der Waals surface area contributed by atoms with Gasteiger partial charge in [-0.15, -0.1) is 11.8 Å². The van der Waals surface area contributed by atoms with Gasteiger partial charge in [0.25, 0.3) is 0 Å². The lowest BCUT2D eigenvalue weighted by Gasteiger charge is -2.06. The summed E-state index contributed by atoms with van der Waals surface area (Å²) in [5.74, 6) is 0.198. The molecule has 0 radical (unpaired) electrons. The Kier molecular flexibility index (Phi) is 4.01. The molecule has 0 aliphatic rings. The summed E-state index contributed by atoms with van der Waals surface area (Å²) in [5.41, 5.74) is 2.03. The van der Waals surface area contributed by atoms with Gasteiger partial charge in [0, 0.05) is 4.90 Å². The summed E-state index contributed by atoms with van der Waals surface area (Å²) >= 11 is 1.69. The van der Waals surface area contributed by atoms with E-state index in [1.165, 1.54) is 0 Å². The molecule has 0 heterocycles. The zero-order valence-corrected chi connectivity index (χ0v) is 9.23. The fourth-order valence-corrected chi connectivity index (χ4v) is 2.10. The molecule has 0 unspecified atom stereocenters. The summed E-state index contributed by atoms with van der Waals surface area (Å²) < 4.78 is 0. The second-order valence-electron chi connectivity index (χ2n) is 3.11. The zero-order chi connectivity index (χ0) is 10.6. The van der Waals surface area contributed by atoms with Crippen molar-refractivity contribution in [2.75, 3.05) is 5.75 Å². The second-order valence-corrected chi connectivity index (χ2v) is 4.42. The Morgan fingerprint density at radius 2 is 2.21 bits per heavy atom. The molecule has 1 N–H and O–H groups in total. The quantitative estimate of drug-likeness (QED) is 0.776. The van der Waals surface area contributed by atoms with E-state index in [2.05, 4.69) is 6.92 Å². The van der Waals surface area contributed by atoms with Crippen LogP contribution in [0.25, 0.3) is 0 Å². The van der Waals surface area contributed by atoms with Gasteiger partial charge in [-0.25, -0.2) is 0 Å². The molecule has 0 amide bonds. The van der Waals surface area contributed by atoms with Gasteiger partial charge >= 0.3 is 5.97 Å². The van der Waals surface area contributed by atoms with Crippen LogP contribution in [0, 0.1) is 6.92 Å². The third-order valence-corrected chi connectivity index (χ3v) is 2.86. The number of thioether (sulfide) groups is 1. The van der Waals surface area contributed by atoms with Crippen LogP contribution in [0.15, 0.2) is 23.1 Å². The standard InChI is InChI=1S/C11H14O2S/c1-3-14-10-5-4-8(2)6-9(10)7-11(12)13/h4-6H,3,7H2,1-2H3,(H,12,13). The summed E-state index contributed by atoms with van der Waals surface area (Å²) in [5, 5.41) is 8.74. The van der Waals surface area contributed by atoms with Gasteiger partial charge in [0.1, 0.15) is 0 Å². The van der Waals surface area contributed by atoms with Crippen LogP contribution in [0.2, 0.25) is 0 Å². The van der Waals surface area contributed by atoms with Crippen LogP contribution in [0.4, 0.5) is 0 Å². The van der Waals surface area contributed by atoms with Crippen LogP contribution >= 0.6 is 11.8 Å². The molecular formula is C11H14O2S. The van der Waals surface area contributed by atoms with Crippen LogP contribution in [-0.4, -0.2) is 16.8 Å². The Morgan fingerprint density at radius 3 is 2.79 bits per heavy atom. The molecule has 0 saturated heterocycles. The van der Waals surface area contributed by atoms with E-state index in [1.54, 1.807) is 11.8 Å². The Labute approximate surface area is 88.3 Å². The maximum Gasteiger partial charge on any atom is 0.307 e. The second kappa shape index (κ2) is 5.05. The third-order valence-electron chi connectivity index (χ3n) is 1.86. The molecule has 1 aromatic rings. The average Bonchev–Trinajstić information content (AvgIpc) is 2.09. The number of hydrogen-bond acceptors (Lipinski definition) is 2. The Balaban J connectivity index is 2.96. The molecule has 0 fully saturated rings. The van der Waals surface area contributed by atoms with Crippen molar-refractivity contribution < 1.29 is 9.90 Å². The summed E-state index contributed by atoms with van der Waals surface area (Å²) in [7, 11) is 0. The molecule has 1 aromatic carbocycles. The molecule has 0 bridgehead atoms. The predicted octanol–water partition coefficient (Wildman–Crippen LogP) is 2.73. The number of aryl methyl sites for hydroxylation is 1. The van der Waals surface area contributed by atoms with Crippen LogP contribution in [0.5, 0.6) is 0 Å². The molecule has 76 valence electrons. The minimum atomic E-state index is -0.770. The molecular weight excluding hydrogens is 196 g/mol. The first kappa shape index (κ1) is 11.1. The number of carbonyl (C=O) groups is 1. The first-order valence-corrected chi connectivity index (χ1v) is 5.56. The fourth-order valence-electron chi connectivity index (χ4n) is 1.31. The van der Waals surface area contributed by atoms with Crippen LogP contribution in [0.3, 0.4) is 0 Å². The van der Waals surface area contributed by atoms with Crippen molar-refractivity contribution >= 4 is 17.7 Å². The normalized spacial score (nSPS) is 10.1. The maximum atomic E-state index is 10.6. The van der Waals surface area contributed by atoms with E-state index in [9.17, 15) is 4.79 Å². The van der Waals surface area contributed by atoms with Crippen molar-refractivity contribution in [2.45, 2.75) is 25.2 Å². The van der Waals surface area contributed by atoms with Crippen molar-refractivity contribution in [3.63, 3.8) is 0 Å². The summed E-state index contributed by atoms with van der Waals surface area (Å²) in [4.78, 5) is 11.7. The average molecular weight is 210 g/mol. The van der Waals surface area contributed by atoms with E-state index < -0.39 is 5.97 Å². The zero-order valence-electron chi connectivity index (χ0n) is 8.41. The Bertz CT molecular complexity index is 334. The molecule has 3 heteroatoms. The lowest BCUT2D eigenvalue weighted by atomic mass is 10.1. The highest BCUT2D eigenvalue weighted by Crippen LogP contribution is 2.23. The number of hydrogen-bond donors (Lipinski definition) is 1. The van der Waals surface area contributed by atoms with Crippen molar-refractivity contribution in [3.8, 4) is 0 Å². The van der Waals surface area contributed by atoms with Gasteiger partial charge in [-0.1, -0.05) is 24.6 Å². The first-order valence-electron chi connectivity index (χ1n) is 4.57. The smallest absolute Gasteiger partial charge is 0.307 e. The van der Waals surface area contributed by atoms with Gasteiger partial charge in [0.05, 0.1) is 6.42 Å². The first-order chi connectivity index (χ1) is 6.63. The van der Waals surface area contributed by atoms with Crippen LogP contribution in [0.1, 0.15) is 18.1 Å². The summed E-state index contributed by atoms with van der Waals surface area (Å²) in [6.45, 7) is 4.04. The Morgan fingerprint density at radius 1 is 1.50 bits per heavy atom. The molecule has 0 aliphatic heterocycles. The number of carboxylic acids is 1. The molecule has 0 spiro atoms. The summed E-state index contributed by atoms with van der Waals surface area (Å²) in [6.07, 6.45) is 0.115. The van der Waals surface area contributed by atoms with E-state index in [4.69, 9.17) is 5.11 Å². The number of rotatable bonds is 4. The van der Waals surface area contributed by atoms with Gasteiger partial charge in [0.15, 0.2) is 0 Å². The van der Waals surface area contributed by atoms with E-state index in [0.717, 1.165) is 21.8 Å². The highest BCUT2D eigenvalue weighted by atomic mass is 32.2. The molecule has 14 heavy (non-hydrogen) atoms. The van der Waals surface area contributed by atoms with E-state index >= 15 is 0 Å². The number of carboxylic acid groups (broad SMARTS) is 1. The van der Waals surface area contributed by atoms with E-state index in [0.29, 0.717) is 0 Å². The van der Waals surface area contributed by atoms with Gasteiger partial charge < -0.3 is 5.11 Å². The lowest BCUT2D eigenvalue weighted by molar-refractivity contribution is -0.136. The van der Waals surface area contributed by atoms with Crippen LogP contribution in [-0.2, 0) is 11.2 Å². The SMILES string of the molecule is CCSc1ccc(C)cc1CC(=O)O. The lowest BCUT2D eigenvalue weighted by Crippen LogP contribution is -2.01. The van der Waals surface area contributed by atoms with Crippen molar-refractivity contribution in [1.82, 2.24) is 0 Å². The van der Waals surface area contributed by atoms with Crippen LogP contribution < -0.4 is 0 Å². The van der Waals surface area contributed by atoms with Gasteiger partial charge in [-0.3, -0.25) is 4.79 Å². The van der Waals surface area contributed by atoms with Gasteiger partial charge in [0.2, 0.25) is 0 Å². The minimum Gasteiger partial charge on any atom is -0.481 e. The minimum absolute atomic E-state index is 0.115. The maximum absolute atomic E-state index is 10.6. The van der Waals surface area contributed by atoms with Crippen molar-refractivity contribution in [3.05, 3.63) is 29.3 Å². The molecule has 2 nitrogen and oxygen atoms in total. The van der Waals surface area contributed by atoms with Crippen molar-refractivity contribution in [2.24, 2.45) is 0 Å². The van der Waals surface area contributed by atoms with Gasteiger partial charge in [-0.2, -0.15) is 0 Å². The fraction of sp³-hybridized carbons (Fsp3) is 0.364. The van der Waals surface area contributed by atoms with E-state index in [-0.39, 0.29) is 6.42 Å². The molecule has 0 saturated carbocycles.